The normalized spacial score (nSPS) is 20.7. The molecule has 1 saturated carbocycles. The van der Waals surface area contributed by atoms with E-state index in [0.29, 0.717) is 25.4 Å². The highest BCUT2D eigenvalue weighted by Crippen LogP contribution is 2.50. The van der Waals surface area contributed by atoms with Gasteiger partial charge in [0.15, 0.2) is 0 Å². The molecule has 4 amide bonds. The number of ether oxygens (including phenoxy) is 2. The van der Waals surface area contributed by atoms with Gasteiger partial charge in [-0.2, -0.15) is 0 Å². The molecule has 8 rings (SSSR count). The summed E-state index contributed by atoms with van der Waals surface area (Å²) >= 11 is 0. The second kappa shape index (κ2) is 17.2. The van der Waals surface area contributed by atoms with Gasteiger partial charge in [0, 0.05) is 31.1 Å². The monoisotopic (exact) mass is 814 g/mol. The zero-order chi connectivity index (χ0) is 42.1. The zero-order valence-corrected chi connectivity index (χ0v) is 34.9. The number of aromatic amines is 2. The Bertz CT molecular complexity index is 2370. The van der Waals surface area contributed by atoms with E-state index >= 15 is 0 Å². The number of piperidine rings is 1. The van der Waals surface area contributed by atoms with Gasteiger partial charge in [-0.25, -0.2) is 19.6 Å². The highest BCUT2D eigenvalue weighted by atomic mass is 16.5. The van der Waals surface area contributed by atoms with Crippen LogP contribution in [0.4, 0.5) is 9.59 Å². The lowest BCUT2D eigenvalue weighted by atomic mass is 9.95. The maximum atomic E-state index is 13.9. The number of hydrogen-bond donors (Lipinski definition) is 4. The molecule has 4 N–H and O–H groups in total. The van der Waals surface area contributed by atoms with Gasteiger partial charge >= 0.3 is 12.2 Å². The van der Waals surface area contributed by atoms with Crippen LogP contribution in [-0.2, 0) is 19.1 Å². The number of benzene rings is 3. The van der Waals surface area contributed by atoms with Crippen LogP contribution in [-0.4, -0.2) is 93.1 Å². The molecule has 6 atom stereocenters. The number of H-pyrrole nitrogens is 2. The summed E-state index contributed by atoms with van der Waals surface area (Å²) < 4.78 is 9.47. The number of imidazole rings is 2. The molecular formula is C46H54N8O6. The van der Waals surface area contributed by atoms with Crippen molar-refractivity contribution in [3.63, 3.8) is 0 Å². The number of aromatic nitrogens is 4. The third-order valence-corrected chi connectivity index (χ3v) is 12.6. The molecule has 14 nitrogen and oxygen atoms in total. The van der Waals surface area contributed by atoms with Crippen LogP contribution in [0.15, 0.2) is 73.1 Å². The molecule has 3 aromatic carbocycles. The van der Waals surface area contributed by atoms with Gasteiger partial charge in [0.25, 0.3) is 0 Å². The Morgan fingerprint density at radius 1 is 0.783 bits per heavy atom. The highest BCUT2D eigenvalue weighted by molar-refractivity contribution is 5.91. The molecule has 4 heterocycles. The number of carbonyl (C=O) groups is 4. The Hall–Kier alpha value is -6.18. The van der Waals surface area contributed by atoms with E-state index in [0.717, 1.165) is 88.2 Å². The minimum absolute atomic E-state index is 0.0217. The van der Waals surface area contributed by atoms with Crippen molar-refractivity contribution < 1.29 is 28.7 Å². The standard InChI is InChI=1S/C46H54N8O6/c1-26(2)40(52-46(58)60-5)44(56)54-35-17-16-34(22-35)41(54)43-48-24-36(51-43)29-10-8-28(9-11-29)30-12-13-32-21-33(15-14-31(32)20-30)37-25-47-42(50-37)38-7-6-18-53(38)39(55)19-27(3)23-49-45(57)59-4/h8-15,20-21,24-27,34-35,38,40-41H,6-7,16-19,22-23H2,1-5H3,(H,47,50)(H,48,51)(H,49,57)(H,52,58). The van der Waals surface area contributed by atoms with Crippen molar-refractivity contribution in [1.82, 2.24) is 40.4 Å². The van der Waals surface area contributed by atoms with Crippen LogP contribution in [0, 0.1) is 17.8 Å². The molecule has 1 aliphatic carbocycles. The van der Waals surface area contributed by atoms with Crippen molar-refractivity contribution in [2.24, 2.45) is 17.8 Å². The van der Waals surface area contributed by atoms with Crippen molar-refractivity contribution in [1.29, 1.82) is 0 Å². The van der Waals surface area contributed by atoms with Gasteiger partial charge in [-0.15, -0.1) is 0 Å². The number of carbonyl (C=O) groups excluding carboxylic acids is 4. The van der Waals surface area contributed by atoms with Crippen LogP contribution in [0.2, 0.25) is 0 Å². The fourth-order valence-electron chi connectivity index (χ4n) is 9.41. The van der Waals surface area contributed by atoms with Gasteiger partial charge in [-0.05, 0) is 89.5 Å². The minimum Gasteiger partial charge on any atom is -0.453 e. The lowest BCUT2D eigenvalue weighted by molar-refractivity contribution is -0.139. The number of likely N-dealkylation sites (tertiary alicyclic amines) is 2. The predicted octanol–water partition coefficient (Wildman–Crippen LogP) is 7.77. The number of fused-ring (bicyclic) bond motifs is 3. The number of nitrogens with zero attached hydrogens (tertiary/aromatic N) is 4. The Kier molecular flexibility index (Phi) is 11.6. The van der Waals surface area contributed by atoms with Crippen LogP contribution >= 0.6 is 0 Å². The van der Waals surface area contributed by atoms with Gasteiger partial charge < -0.3 is 39.9 Å². The van der Waals surface area contributed by atoms with E-state index < -0.39 is 18.2 Å². The first kappa shape index (κ1) is 40.6. The van der Waals surface area contributed by atoms with Gasteiger partial charge in [0.05, 0.1) is 50.1 Å². The summed E-state index contributed by atoms with van der Waals surface area (Å²) in [6.45, 7) is 6.86. The summed E-state index contributed by atoms with van der Waals surface area (Å²) in [7, 11) is 2.63. The Labute approximate surface area is 349 Å². The Balaban J connectivity index is 0.930. The first-order valence-corrected chi connectivity index (χ1v) is 21.0. The SMILES string of the molecule is COC(=O)NCC(C)CC(=O)N1CCCC1c1ncc(-c2ccc3cc(-c4ccc(-c5cnc(C6C7CCC(C7)N6C(=O)C(NC(=O)OC)C(C)C)[nH]5)cc4)ccc3c2)[nH]1. The van der Waals surface area contributed by atoms with E-state index in [9.17, 15) is 19.2 Å². The molecule has 3 aliphatic rings. The van der Waals surface area contributed by atoms with E-state index in [4.69, 9.17) is 14.7 Å². The fraction of sp³-hybridized carbons (Fsp3) is 0.435. The second-order valence-electron chi connectivity index (χ2n) is 16.9. The van der Waals surface area contributed by atoms with Crippen LogP contribution in [0.1, 0.15) is 83.0 Å². The molecule has 5 aromatic rings. The first-order chi connectivity index (χ1) is 29.0. The third kappa shape index (κ3) is 8.19. The molecule has 314 valence electrons. The lowest BCUT2D eigenvalue weighted by Gasteiger charge is -2.37. The quantitative estimate of drug-likeness (QED) is 0.0989. The summed E-state index contributed by atoms with van der Waals surface area (Å²) in [5.41, 5.74) is 6.01. The van der Waals surface area contributed by atoms with E-state index in [1.54, 1.807) is 0 Å². The Morgan fingerprint density at radius 3 is 2.13 bits per heavy atom. The minimum atomic E-state index is -0.679. The molecule has 2 aliphatic heterocycles. The molecule has 0 radical (unpaired) electrons. The number of alkyl carbamates (subject to hydrolysis) is 2. The summed E-state index contributed by atoms with van der Waals surface area (Å²) in [5, 5.41) is 7.66. The maximum absolute atomic E-state index is 13.9. The number of methoxy groups -OCH3 is 2. The number of hydrogen-bond acceptors (Lipinski definition) is 8. The van der Waals surface area contributed by atoms with Crippen LogP contribution in [0.25, 0.3) is 44.4 Å². The van der Waals surface area contributed by atoms with E-state index in [-0.39, 0.29) is 41.8 Å². The van der Waals surface area contributed by atoms with Crippen molar-refractivity contribution in [2.45, 2.75) is 83.5 Å². The fourth-order valence-corrected chi connectivity index (χ4v) is 9.41. The van der Waals surface area contributed by atoms with Crippen molar-refractivity contribution in [3.05, 3.63) is 84.7 Å². The number of amides is 4. The van der Waals surface area contributed by atoms with E-state index in [1.165, 1.54) is 14.2 Å². The van der Waals surface area contributed by atoms with Crippen molar-refractivity contribution >= 4 is 34.8 Å². The average molecular weight is 815 g/mol. The lowest BCUT2D eigenvalue weighted by Crippen LogP contribution is -2.54. The molecule has 0 spiro atoms. The summed E-state index contributed by atoms with van der Waals surface area (Å²) in [5.74, 6) is 1.73. The highest BCUT2D eigenvalue weighted by Gasteiger charge is 2.51. The van der Waals surface area contributed by atoms with Gasteiger partial charge in [-0.3, -0.25) is 9.59 Å². The summed E-state index contributed by atoms with van der Waals surface area (Å²) in [4.78, 5) is 71.2. The third-order valence-electron chi connectivity index (χ3n) is 12.6. The molecule has 6 unspecified atom stereocenters. The molecule has 2 bridgehead atoms. The van der Waals surface area contributed by atoms with E-state index in [1.807, 2.05) is 43.0 Å². The first-order valence-electron chi connectivity index (χ1n) is 21.0. The van der Waals surface area contributed by atoms with Crippen LogP contribution in [0.5, 0.6) is 0 Å². The summed E-state index contributed by atoms with van der Waals surface area (Å²) in [6.07, 6.45) is 7.62. The molecule has 2 saturated heterocycles. The van der Waals surface area contributed by atoms with E-state index in [2.05, 4.69) is 86.0 Å². The van der Waals surface area contributed by atoms with Crippen LogP contribution in [0.3, 0.4) is 0 Å². The van der Waals surface area contributed by atoms with Crippen molar-refractivity contribution in [2.75, 3.05) is 27.3 Å². The van der Waals surface area contributed by atoms with Crippen LogP contribution < -0.4 is 10.6 Å². The zero-order valence-electron chi connectivity index (χ0n) is 34.9. The molecular weight excluding hydrogens is 761 g/mol. The van der Waals surface area contributed by atoms with Gasteiger partial charge in [-0.1, -0.05) is 69.3 Å². The molecule has 2 aromatic heterocycles. The largest absolute Gasteiger partial charge is 0.453 e. The molecule has 14 heteroatoms. The predicted molar refractivity (Wildman–Crippen MR) is 227 cm³/mol. The van der Waals surface area contributed by atoms with Crippen molar-refractivity contribution in [3.8, 4) is 33.6 Å². The van der Waals surface area contributed by atoms with Gasteiger partial charge in [0.1, 0.15) is 17.7 Å². The number of rotatable bonds is 12. The smallest absolute Gasteiger partial charge is 0.407 e. The second-order valence-corrected chi connectivity index (χ2v) is 16.9. The molecule has 60 heavy (non-hydrogen) atoms. The topological polar surface area (TPSA) is 175 Å². The average Bonchev–Trinajstić information content (AvgIpc) is 4.12. The molecule has 3 fully saturated rings. The Morgan fingerprint density at radius 2 is 1.42 bits per heavy atom. The maximum Gasteiger partial charge on any atom is 0.407 e. The number of nitrogens with one attached hydrogen (secondary N) is 4. The summed E-state index contributed by atoms with van der Waals surface area (Å²) in [6, 6.07) is 20.5. The van der Waals surface area contributed by atoms with Gasteiger partial charge in [0.2, 0.25) is 11.8 Å².